The van der Waals surface area contributed by atoms with Crippen molar-refractivity contribution >= 4 is 23.1 Å². The molecular weight excluding hydrogens is 411 g/mol. The summed E-state index contributed by atoms with van der Waals surface area (Å²) in [5, 5.41) is 18.7. The number of anilines is 3. The van der Waals surface area contributed by atoms with Crippen molar-refractivity contribution in [2.24, 2.45) is 0 Å². The van der Waals surface area contributed by atoms with Gasteiger partial charge in [0.2, 0.25) is 0 Å². The Bertz CT molecular complexity index is 1200. The largest absolute Gasteiger partial charge is 0.484 e. The van der Waals surface area contributed by atoms with Crippen LogP contribution in [0.15, 0.2) is 66.7 Å². The molecule has 0 spiro atoms. The average molecular weight is 432 g/mol. The molecule has 4 rings (SSSR count). The molecule has 0 saturated carbocycles. The first-order valence-corrected chi connectivity index (χ1v) is 9.89. The van der Waals surface area contributed by atoms with E-state index in [0.717, 1.165) is 17.1 Å². The number of nitrogens with zero attached hydrogens (tertiary/aromatic N) is 4. The lowest BCUT2D eigenvalue weighted by atomic mass is 10.2. The maximum Gasteiger partial charge on any atom is 0.262 e. The van der Waals surface area contributed by atoms with Gasteiger partial charge < -0.3 is 15.4 Å². The molecule has 0 unspecified atom stereocenters. The number of hydrogen-bond donors (Lipinski definition) is 2. The molecule has 0 saturated heterocycles. The Morgan fingerprint density at radius 2 is 1.69 bits per heavy atom. The summed E-state index contributed by atoms with van der Waals surface area (Å²) in [6.45, 7) is 3.71. The van der Waals surface area contributed by atoms with Gasteiger partial charge in [0, 0.05) is 17.1 Å². The van der Waals surface area contributed by atoms with Crippen molar-refractivity contribution in [1.82, 2.24) is 20.0 Å². The minimum Gasteiger partial charge on any atom is -0.484 e. The van der Waals surface area contributed by atoms with Crippen molar-refractivity contribution in [3.05, 3.63) is 83.9 Å². The Hall–Kier alpha value is -4.27. The van der Waals surface area contributed by atoms with E-state index in [4.69, 9.17) is 4.74 Å². The molecule has 32 heavy (non-hydrogen) atoms. The third-order valence-electron chi connectivity index (χ3n) is 4.50. The monoisotopic (exact) mass is 432 g/mol. The molecule has 0 aliphatic rings. The van der Waals surface area contributed by atoms with Crippen LogP contribution in [0.4, 0.5) is 21.6 Å². The minimum absolute atomic E-state index is 0.178. The van der Waals surface area contributed by atoms with Gasteiger partial charge in [0.1, 0.15) is 11.6 Å². The molecule has 1 amide bonds. The Morgan fingerprint density at radius 1 is 0.969 bits per heavy atom. The normalized spacial score (nSPS) is 10.6. The van der Waals surface area contributed by atoms with Gasteiger partial charge in [-0.15, -0.1) is 10.2 Å². The summed E-state index contributed by atoms with van der Waals surface area (Å²) in [4.78, 5) is 12.1. The van der Waals surface area contributed by atoms with Gasteiger partial charge in [0.25, 0.3) is 5.91 Å². The summed E-state index contributed by atoms with van der Waals surface area (Å²) in [5.74, 6) is 0.967. The first-order valence-electron chi connectivity index (χ1n) is 9.89. The topological polar surface area (TPSA) is 94.0 Å². The highest BCUT2D eigenvalue weighted by Gasteiger charge is 2.07. The summed E-state index contributed by atoms with van der Waals surface area (Å²) in [5.41, 5.74) is 3.31. The predicted molar refractivity (Wildman–Crippen MR) is 119 cm³/mol. The van der Waals surface area contributed by atoms with Gasteiger partial charge in [-0.05, 0) is 80.6 Å². The van der Waals surface area contributed by atoms with E-state index in [9.17, 15) is 9.18 Å². The van der Waals surface area contributed by atoms with E-state index < -0.39 is 0 Å². The van der Waals surface area contributed by atoms with Crippen molar-refractivity contribution < 1.29 is 13.9 Å². The second-order valence-electron chi connectivity index (χ2n) is 7.11. The lowest BCUT2D eigenvalue weighted by molar-refractivity contribution is -0.118. The Labute approximate surface area is 184 Å². The third-order valence-corrected chi connectivity index (χ3v) is 4.50. The van der Waals surface area contributed by atoms with E-state index >= 15 is 0 Å². The third kappa shape index (κ3) is 5.25. The molecule has 2 heterocycles. The minimum atomic E-state index is -0.361. The molecule has 4 aromatic rings. The average Bonchev–Trinajstić information content (AvgIpc) is 3.13. The Morgan fingerprint density at radius 3 is 2.31 bits per heavy atom. The fraction of sp³-hybridized carbons (Fsp3) is 0.130. The number of hydrogen-bond acceptors (Lipinski definition) is 6. The van der Waals surface area contributed by atoms with Crippen molar-refractivity contribution in [3.63, 3.8) is 0 Å². The van der Waals surface area contributed by atoms with Crippen LogP contribution < -0.4 is 15.4 Å². The number of carbonyl (C=O) groups excluding carboxylic acids is 1. The first kappa shape index (κ1) is 21.0. The number of ether oxygens (including phenoxy) is 1. The maximum absolute atomic E-state index is 12.9. The Kier molecular flexibility index (Phi) is 6.07. The van der Waals surface area contributed by atoms with Crippen LogP contribution in [0.3, 0.4) is 0 Å². The van der Waals surface area contributed by atoms with Crippen LogP contribution in [-0.2, 0) is 4.79 Å². The van der Waals surface area contributed by atoms with Gasteiger partial charge >= 0.3 is 0 Å². The molecule has 162 valence electrons. The molecule has 0 aliphatic heterocycles. The number of benzene rings is 2. The van der Waals surface area contributed by atoms with Gasteiger partial charge in [0.15, 0.2) is 18.2 Å². The molecule has 0 fully saturated rings. The van der Waals surface area contributed by atoms with Crippen LogP contribution >= 0.6 is 0 Å². The van der Waals surface area contributed by atoms with Crippen LogP contribution in [0, 0.1) is 19.7 Å². The van der Waals surface area contributed by atoms with Crippen molar-refractivity contribution in [3.8, 4) is 11.6 Å². The summed E-state index contributed by atoms with van der Waals surface area (Å²) in [7, 11) is 0. The molecule has 0 bridgehead atoms. The lowest BCUT2D eigenvalue weighted by Gasteiger charge is -2.09. The van der Waals surface area contributed by atoms with Crippen LogP contribution in [0.2, 0.25) is 0 Å². The number of carbonyl (C=O) groups is 1. The zero-order valence-corrected chi connectivity index (χ0v) is 17.5. The van der Waals surface area contributed by atoms with Crippen LogP contribution in [0.25, 0.3) is 5.82 Å². The van der Waals surface area contributed by atoms with E-state index in [-0.39, 0.29) is 18.3 Å². The molecule has 0 radical (unpaired) electrons. The van der Waals surface area contributed by atoms with Gasteiger partial charge in [-0.2, -0.15) is 5.10 Å². The number of aromatic nitrogens is 4. The van der Waals surface area contributed by atoms with Gasteiger partial charge in [-0.3, -0.25) is 4.79 Å². The summed E-state index contributed by atoms with van der Waals surface area (Å²) in [6.07, 6.45) is 0. The zero-order valence-electron chi connectivity index (χ0n) is 17.5. The van der Waals surface area contributed by atoms with E-state index in [0.29, 0.717) is 23.1 Å². The van der Waals surface area contributed by atoms with Gasteiger partial charge in [-0.1, -0.05) is 0 Å². The summed E-state index contributed by atoms with van der Waals surface area (Å²) in [6, 6.07) is 18.3. The zero-order chi connectivity index (χ0) is 22.5. The second kappa shape index (κ2) is 9.25. The number of halogens is 1. The maximum atomic E-state index is 12.9. The molecule has 2 aromatic heterocycles. The number of rotatable bonds is 7. The number of aryl methyl sites for hydroxylation is 2. The highest BCUT2D eigenvalue weighted by Crippen LogP contribution is 2.18. The van der Waals surface area contributed by atoms with Gasteiger partial charge in [0.05, 0.1) is 5.69 Å². The van der Waals surface area contributed by atoms with Crippen molar-refractivity contribution in [2.75, 3.05) is 17.2 Å². The van der Waals surface area contributed by atoms with E-state index in [1.165, 1.54) is 24.3 Å². The molecule has 2 N–H and O–H groups in total. The smallest absolute Gasteiger partial charge is 0.262 e. The second-order valence-corrected chi connectivity index (χ2v) is 7.11. The summed E-state index contributed by atoms with van der Waals surface area (Å²) >= 11 is 0. The van der Waals surface area contributed by atoms with E-state index in [2.05, 4.69) is 25.9 Å². The SMILES string of the molecule is Cc1cc(C)n(-c2ccc(Nc3ccc(NC(=O)COc4ccc(F)cc4)cc3)nn2)n1. The number of amides is 1. The molecule has 9 heteroatoms. The highest BCUT2D eigenvalue weighted by atomic mass is 19.1. The first-order chi connectivity index (χ1) is 15.5. The van der Waals surface area contributed by atoms with Gasteiger partial charge in [-0.25, -0.2) is 9.07 Å². The molecule has 0 atom stereocenters. The quantitative estimate of drug-likeness (QED) is 0.455. The molecule has 8 nitrogen and oxygen atoms in total. The summed E-state index contributed by atoms with van der Waals surface area (Å²) < 4.78 is 20.0. The Balaban J connectivity index is 1.31. The van der Waals surface area contributed by atoms with Crippen molar-refractivity contribution in [2.45, 2.75) is 13.8 Å². The highest BCUT2D eigenvalue weighted by molar-refractivity contribution is 5.92. The van der Waals surface area contributed by atoms with Crippen molar-refractivity contribution in [1.29, 1.82) is 0 Å². The van der Waals surface area contributed by atoms with Crippen LogP contribution in [0.1, 0.15) is 11.4 Å². The van der Waals surface area contributed by atoms with E-state index in [1.54, 1.807) is 16.8 Å². The van der Waals surface area contributed by atoms with Crippen LogP contribution in [0.5, 0.6) is 5.75 Å². The van der Waals surface area contributed by atoms with E-state index in [1.807, 2.05) is 44.2 Å². The standard InChI is InChI=1S/C23H21FN6O2/c1-15-13-16(2)30(29-15)22-12-11-21(27-28-22)25-18-5-7-19(8-6-18)26-23(31)14-32-20-9-3-17(24)4-10-20/h3-13H,14H2,1-2H3,(H,25,27)(H,26,31). The predicted octanol–water partition coefficient (Wildman–Crippen LogP) is 4.18. The molecular formula is C23H21FN6O2. The fourth-order valence-corrected chi connectivity index (χ4v) is 3.03. The molecule has 0 aliphatic carbocycles. The lowest BCUT2D eigenvalue weighted by Crippen LogP contribution is -2.20. The fourth-order valence-electron chi connectivity index (χ4n) is 3.03. The molecule has 2 aromatic carbocycles. The van der Waals surface area contributed by atoms with Crippen LogP contribution in [-0.4, -0.2) is 32.5 Å². The number of nitrogens with one attached hydrogen (secondary N) is 2.